The Balaban J connectivity index is 1.55. The van der Waals surface area contributed by atoms with Crippen LogP contribution in [0.4, 0.5) is 0 Å². The van der Waals surface area contributed by atoms with Gasteiger partial charge >= 0.3 is 0 Å². The predicted molar refractivity (Wildman–Crippen MR) is 104 cm³/mol. The highest BCUT2D eigenvalue weighted by Crippen LogP contribution is 2.26. The van der Waals surface area contributed by atoms with E-state index in [-0.39, 0.29) is 11.8 Å². The van der Waals surface area contributed by atoms with Crippen molar-refractivity contribution in [2.75, 3.05) is 13.6 Å². The average molecular weight is 357 g/mol. The van der Waals surface area contributed by atoms with Crippen LogP contribution >= 0.6 is 0 Å². The molecule has 1 unspecified atom stereocenters. The normalized spacial score (nSPS) is 17.9. The SMILES string of the molecule is C[C@@H](c1ccc2ncccc2c1)c1nnc2ccc(C3C=NN(C)C3)nn12. The van der Waals surface area contributed by atoms with Gasteiger partial charge in [-0.25, -0.2) is 0 Å². The van der Waals surface area contributed by atoms with E-state index in [0.717, 1.165) is 34.6 Å². The van der Waals surface area contributed by atoms with Gasteiger partial charge in [-0.3, -0.25) is 9.99 Å². The van der Waals surface area contributed by atoms with E-state index in [9.17, 15) is 0 Å². The van der Waals surface area contributed by atoms with Gasteiger partial charge in [-0.1, -0.05) is 19.1 Å². The molecule has 0 bridgehead atoms. The predicted octanol–water partition coefficient (Wildman–Crippen LogP) is 2.84. The number of hydrogen-bond donors (Lipinski definition) is 0. The first-order valence-corrected chi connectivity index (χ1v) is 9.01. The third kappa shape index (κ3) is 2.71. The molecule has 7 heteroatoms. The molecule has 0 N–H and O–H groups in total. The highest BCUT2D eigenvalue weighted by atomic mass is 15.5. The summed E-state index contributed by atoms with van der Waals surface area (Å²) in [5.41, 5.74) is 3.89. The molecule has 0 saturated heterocycles. The maximum atomic E-state index is 4.82. The van der Waals surface area contributed by atoms with Crippen molar-refractivity contribution >= 4 is 22.8 Å². The van der Waals surface area contributed by atoms with Crippen molar-refractivity contribution in [3.63, 3.8) is 0 Å². The zero-order valence-corrected chi connectivity index (χ0v) is 15.2. The van der Waals surface area contributed by atoms with Crippen LogP contribution < -0.4 is 0 Å². The molecule has 27 heavy (non-hydrogen) atoms. The van der Waals surface area contributed by atoms with Crippen molar-refractivity contribution < 1.29 is 0 Å². The molecule has 0 spiro atoms. The lowest BCUT2D eigenvalue weighted by Gasteiger charge is -2.12. The number of likely N-dealkylation sites (N-methyl/N-ethyl adjacent to an activating group) is 1. The van der Waals surface area contributed by atoms with Gasteiger partial charge in [-0.15, -0.1) is 10.2 Å². The molecular weight excluding hydrogens is 338 g/mol. The van der Waals surface area contributed by atoms with Gasteiger partial charge in [0.1, 0.15) is 0 Å². The van der Waals surface area contributed by atoms with Crippen LogP contribution in [-0.2, 0) is 0 Å². The molecule has 1 aliphatic rings. The van der Waals surface area contributed by atoms with Gasteiger partial charge in [0.15, 0.2) is 11.5 Å². The molecule has 3 aromatic heterocycles. The zero-order chi connectivity index (χ0) is 18.4. The minimum atomic E-state index is 0.0623. The molecule has 2 atom stereocenters. The second-order valence-electron chi connectivity index (χ2n) is 6.97. The fraction of sp³-hybridized carbons (Fsp3) is 0.250. The molecule has 0 saturated carbocycles. The van der Waals surface area contributed by atoms with E-state index in [1.54, 1.807) is 0 Å². The van der Waals surface area contributed by atoms with Crippen LogP contribution in [0.5, 0.6) is 0 Å². The molecule has 0 aliphatic carbocycles. The van der Waals surface area contributed by atoms with Crippen molar-refractivity contribution in [2.45, 2.75) is 18.8 Å². The van der Waals surface area contributed by atoms with Gasteiger partial charge in [0.05, 0.1) is 17.1 Å². The number of aromatic nitrogens is 5. The Morgan fingerprint density at radius 3 is 2.89 bits per heavy atom. The fourth-order valence-electron chi connectivity index (χ4n) is 3.54. The monoisotopic (exact) mass is 357 g/mol. The van der Waals surface area contributed by atoms with Crippen LogP contribution in [0.25, 0.3) is 16.6 Å². The summed E-state index contributed by atoms with van der Waals surface area (Å²) in [4.78, 5) is 4.39. The standard InChI is InChI=1S/C20H19N7/c1-13(14-5-6-17-15(10-14)4-3-9-21-17)20-24-23-19-8-7-18(25-27(19)20)16-11-22-26(2)12-16/h3-11,13,16H,12H2,1-2H3/t13-,16?/m0/s1. The first-order chi connectivity index (χ1) is 13.2. The Bertz CT molecular complexity index is 1160. The van der Waals surface area contributed by atoms with Crippen molar-refractivity contribution in [3.8, 4) is 0 Å². The topological polar surface area (TPSA) is 71.6 Å². The zero-order valence-electron chi connectivity index (χ0n) is 15.2. The summed E-state index contributed by atoms with van der Waals surface area (Å²) in [7, 11) is 1.97. The van der Waals surface area contributed by atoms with Crippen LogP contribution in [0.15, 0.2) is 53.8 Å². The molecule has 134 valence electrons. The molecule has 4 heterocycles. The maximum Gasteiger partial charge on any atom is 0.177 e. The summed E-state index contributed by atoms with van der Waals surface area (Å²) >= 11 is 0. The molecule has 0 amide bonds. The van der Waals surface area contributed by atoms with E-state index in [1.165, 1.54) is 5.56 Å². The van der Waals surface area contributed by atoms with Crippen molar-refractivity contribution in [1.29, 1.82) is 0 Å². The molecule has 5 rings (SSSR count). The molecule has 4 aromatic rings. The Hall–Kier alpha value is -3.35. The Kier molecular flexibility index (Phi) is 3.60. The van der Waals surface area contributed by atoms with Crippen molar-refractivity contribution in [2.24, 2.45) is 5.10 Å². The summed E-state index contributed by atoms with van der Waals surface area (Å²) in [5.74, 6) is 1.09. The second-order valence-corrected chi connectivity index (χ2v) is 6.97. The highest BCUT2D eigenvalue weighted by molar-refractivity contribution is 5.79. The number of rotatable bonds is 3. The van der Waals surface area contributed by atoms with E-state index < -0.39 is 0 Å². The Labute approximate surface area is 156 Å². The van der Waals surface area contributed by atoms with Crippen LogP contribution in [0.1, 0.15) is 35.8 Å². The smallest absolute Gasteiger partial charge is 0.177 e. The Morgan fingerprint density at radius 1 is 1.11 bits per heavy atom. The van der Waals surface area contributed by atoms with E-state index in [1.807, 2.05) is 53.2 Å². The fourth-order valence-corrected chi connectivity index (χ4v) is 3.54. The van der Waals surface area contributed by atoms with E-state index in [0.29, 0.717) is 0 Å². The quantitative estimate of drug-likeness (QED) is 0.564. The number of hydrogen-bond acceptors (Lipinski definition) is 6. The highest BCUT2D eigenvalue weighted by Gasteiger charge is 2.21. The van der Waals surface area contributed by atoms with E-state index in [4.69, 9.17) is 5.10 Å². The van der Waals surface area contributed by atoms with Gasteiger partial charge in [0.2, 0.25) is 0 Å². The lowest BCUT2D eigenvalue weighted by Crippen LogP contribution is -2.15. The number of hydrazone groups is 1. The molecule has 0 radical (unpaired) electrons. The lowest BCUT2D eigenvalue weighted by atomic mass is 9.98. The molecule has 0 fully saturated rings. The Morgan fingerprint density at radius 2 is 2.04 bits per heavy atom. The van der Waals surface area contributed by atoms with Crippen LogP contribution in [0.2, 0.25) is 0 Å². The molecule has 7 nitrogen and oxygen atoms in total. The summed E-state index contributed by atoms with van der Waals surface area (Å²) in [6.45, 7) is 2.97. The first-order valence-electron chi connectivity index (χ1n) is 9.01. The van der Waals surface area contributed by atoms with Gasteiger partial charge in [-0.2, -0.15) is 14.7 Å². The molecular formula is C20H19N7. The molecule has 1 aliphatic heterocycles. The van der Waals surface area contributed by atoms with Crippen molar-refractivity contribution in [1.82, 2.24) is 29.8 Å². The first kappa shape index (κ1) is 15.9. The maximum absolute atomic E-state index is 4.82. The van der Waals surface area contributed by atoms with Gasteiger partial charge in [-0.05, 0) is 35.9 Å². The summed E-state index contributed by atoms with van der Waals surface area (Å²) < 4.78 is 1.86. The van der Waals surface area contributed by atoms with Gasteiger partial charge in [0, 0.05) is 37.3 Å². The largest absolute Gasteiger partial charge is 0.299 e. The molecule has 1 aromatic carbocycles. The van der Waals surface area contributed by atoms with Crippen LogP contribution in [0.3, 0.4) is 0 Å². The average Bonchev–Trinajstić information content (AvgIpc) is 3.32. The minimum absolute atomic E-state index is 0.0623. The van der Waals surface area contributed by atoms with Crippen molar-refractivity contribution in [3.05, 3.63) is 65.7 Å². The number of benzene rings is 1. The van der Waals surface area contributed by atoms with Gasteiger partial charge < -0.3 is 0 Å². The van der Waals surface area contributed by atoms with Gasteiger partial charge in [0.25, 0.3) is 0 Å². The summed E-state index contributed by atoms with van der Waals surface area (Å²) in [5, 5.41) is 20.9. The number of nitrogens with zero attached hydrogens (tertiary/aromatic N) is 7. The number of fused-ring (bicyclic) bond motifs is 2. The van der Waals surface area contributed by atoms with E-state index >= 15 is 0 Å². The van der Waals surface area contributed by atoms with Crippen LogP contribution in [-0.4, -0.2) is 49.6 Å². The third-order valence-electron chi connectivity index (χ3n) is 5.11. The number of pyridine rings is 1. The summed E-state index contributed by atoms with van der Waals surface area (Å²) in [6.07, 6.45) is 3.75. The summed E-state index contributed by atoms with van der Waals surface area (Å²) in [6, 6.07) is 14.3. The second kappa shape index (κ2) is 6.12. The van der Waals surface area contributed by atoms with E-state index in [2.05, 4.69) is 45.4 Å². The minimum Gasteiger partial charge on any atom is -0.299 e. The van der Waals surface area contributed by atoms with Crippen LogP contribution in [0, 0.1) is 0 Å². The lowest BCUT2D eigenvalue weighted by molar-refractivity contribution is 0.379. The third-order valence-corrected chi connectivity index (χ3v) is 5.11.